The topological polar surface area (TPSA) is 36.4 Å². The molecule has 154 valence electrons. The molecule has 0 saturated carbocycles. The number of likely N-dealkylation sites (N-methyl/N-ethyl adjacent to an activating group) is 1. The number of anilines is 1. The first-order chi connectivity index (χ1) is 14.0. The summed E-state index contributed by atoms with van der Waals surface area (Å²) in [6.45, 7) is 11.7. The van der Waals surface area contributed by atoms with Crippen LogP contribution in [0.5, 0.6) is 0 Å². The molecule has 0 aliphatic heterocycles. The van der Waals surface area contributed by atoms with E-state index < -0.39 is 0 Å². The Morgan fingerprint density at radius 3 is 2.55 bits per heavy atom. The molecule has 0 N–H and O–H groups in total. The van der Waals surface area contributed by atoms with Crippen molar-refractivity contribution in [1.29, 1.82) is 0 Å². The molecular weight excluding hydrogens is 398 g/mol. The van der Waals surface area contributed by atoms with Gasteiger partial charge >= 0.3 is 0 Å². The summed E-state index contributed by atoms with van der Waals surface area (Å²) in [5, 5.41) is 0.777. The fourth-order valence-electron chi connectivity index (χ4n) is 3.37. The van der Waals surface area contributed by atoms with Crippen LogP contribution in [0.15, 0.2) is 41.3 Å². The van der Waals surface area contributed by atoms with Crippen LogP contribution in [0.25, 0.3) is 10.2 Å². The second-order valence-corrected chi connectivity index (χ2v) is 8.96. The van der Waals surface area contributed by atoms with Crippen LogP contribution < -0.4 is 4.90 Å². The number of rotatable bonds is 8. The second kappa shape index (κ2) is 9.74. The molecule has 0 aliphatic carbocycles. The quantitative estimate of drug-likeness (QED) is 0.437. The summed E-state index contributed by atoms with van der Waals surface area (Å²) in [7, 11) is 0. The predicted molar refractivity (Wildman–Crippen MR) is 127 cm³/mol. The highest BCUT2D eigenvalue weighted by molar-refractivity contribution is 7.98. The van der Waals surface area contributed by atoms with Gasteiger partial charge in [0.1, 0.15) is 0 Å². The average Bonchev–Trinajstić information content (AvgIpc) is 3.16. The molecule has 3 rings (SSSR count). The van der Waals surface area contributed by atoms with E-state index in [1.54, 1.807) is 23.1 Å². The number of hydrogen-bond donors (Lipinski definition) is 0. The number of aromatic nitrogens is 1. The molecule has 1 aromatic heterocycles. The number of fused-ring (bicyclic) bond motifs is 1. The highest BCUT2D eigenvalue weighted by Gasteiger charge is 2.23. The number of amides is 1. The molecule has 0 atom stereocenters. The Hall–Kier alpha value is -1.89. The third-order valence-electron chi connectivity index (χ3n) is 5.22. The maximum atomic E-state index is 13.6. The third-order valence-corrected chi connectivity index (χ3v) is 7.04. The zero-order valence-corrected chi connectivity index (χ0v) is 19.5. The van der Waals surface area contributed by atoms with E-state index in [0.717, 1.165) is 56.6 Å². The Morgan fingerprint density at radius 2 is 1.86 bits per heavy atom. The molecule has 0 aliphatic rings. The van der Waals surface area contributed by atoms with Crippen molar-refractivity contribution >= 4 is 44.4 Å². The summed E-state index contributed by atoms with van der Waals surface area (Å²) < 4.78 is 1.12. The molecular formula is C23H29N3OS2. The molecule has 4 nitrogen and oxygen atoms in total. The smallest absolute Gasteiger partial charge is 0.260 e. The lowest BCUT2D eigenvalue weighted by Gasteiger charge is -2.25. The van der Waals surface area contributed by atoms with Crippen molar-refractivity contribution in [2.75, 3.05) is 37.3 Å². The van der Waals surface area contributed by atoms with E-state index in [2.05, 4.69) is 49.3 Å². The van der Waals surface area contributed by atoms with Gasteiger partial charge in [0.15, 0.2) is 5.13 Å². The number of carbonyl (C=O) groups is 1. The van der Waals surface area contributed by atoms with Gasteiger partial charge in [0.25, 0.3) is 5.91 Å². The van der Waals surface area contributed by atoms with Crippen molar-refractivity contribution in [3.8, 4) is 0 Å². The molecule has 0 unspecified atom stereocenters. The molecule has 0 bridgehead atoms. The molecule has 29 heavy (non-hydrogen) atoms. The zero-order chi connectivity index (χ0) is 21.0. The van der Waals surface area contributed by atoms with E-state index in [1.807, 2.05) is 30.9 Å². The van der Waals surface area contributed by atoms with E-state index in [9.17, 15) is 4.79 Å². The van der Waals surface area contributed by atoms with Crippen LogP contribution in [0, 0.1) is 13.8 Å². The largest absolute Gasteiger partial charge is 0.302 e. The molecule has 0 radical (unpaired) electrons. The minimum Gasteiger partial charge on any atom is -0.302 e. The summed E-state index contributed by atoms with van der Waals surface area (Å²) in [5.41, 5.74) is 3.84. The summed E-state index contributed by atoms with van der Waals surface area (Å²) in [5.74, 6) is 0.0307. The van der Waals surface area contributed by atoms with Gasteiger partial charge < -0.3 is 4.90 Å². The number of nitrogens with zero attached hydrogens (tertiary/aromatic N) is 3. The zero-order valence-electron chi connectivity index (χ0n) is 17.9. The van der Waals surface area contributed by atoms with Gasteiger partial charge in [-0.25, -0.2) is 4.98 Å². The van der Waals surface area contributed by atoms with E-state index in [1.165, 1.54) is 0 Å². The minimum atomic E-state index is 0.0307. The molecule has 2 aromatic carbocycles. The van der Waals surface area contributed by atoms with Crippen molar-refractivity contribution in [2.45, 2.75) is 32.6 Å². The van der Waals surface area contributed by atoms with Gasteiger partial charge in [-0.2, -0.15) is 0 Å². The van der Waals surface area contributed by atoms with E-state index in [4.69, 9.17) is 4.98 Å². The van der Waals surface area contributed by atoms with Crippen LogP contribution in [-0.4, -0.2) is 48.2 Å². The number of thioether (sulfide) groups is 1. The van der Waals surface area contributed by atoms with Crippen LogP contribution >= 0.6 is 23.1 Å². The Balaban J connectivity index is 2.03. The van der Waals surface area contributed by atoms with Crippen molar-refractivity contribution in [3.63, 3.8) is 0 Å². The van der Waals surface area contributed by atoms with Crippen LogP contribution in [-0.2, 0) is 0 Å². The molecule has 6 heteroatoms. The standard InChI is InChI=1S/C23H29N3OS2/c1-6-25(7-2)13-14-26(22(27)18-15-16(3)11-12-17(18)4)23-24-21-19(28-5)9-8-10-20(21)29-23/h8-12,15H,6-7,13-14H2,1-5H3. The van der Waals surface area contributed by atoms with Gasteiger partial charge in [0.05, 0.1) is 10.2 Å². The van der Waals surface area contributed by atoms with Gasteiger partial charge in [-0.1, -0.05) is 48.9 Å². The first-order valence-electron chi connectivity index (χ1n) is 10.0. The molecule has 1 amide bonds. The normalized spacial score (nSPS) is 11.4. The maximum absolute atomic E-state index is 13.6. The lowest BCUT2D eigenvalue weighted by molar-refractivity contribution is 0.0983. The minimum absolute atomic E-state index is 0.0307. The first kappa shape index (κ1) is 21.8. The number of thiazole rings is 1. The van der Waals surface area contributed by atoms with Gasteiger partial charge in [-0.05, 0) is 57.0 Å². The highest BCUT2D eigenvalue weighted by atomic mass is 32.2. The molecule has 0 saturated heterocycles. The van der Waals surface area contributed by atoms with E-state index in [0.29, 0.717) is 6.54 Å². The lowest BCUT2D eigenvalue weighted by Crippen LogP contribution is -2.39. The number of para-hydroxylation sites is 1. The fraction of sp³-hybridized carbons (Fsp3) is 0.391. The molecule has 1 heterocycles. The fourth-order valence-corrected chi connectivity index (χ4v) is 5.01. The van der Waals surface area contributed by atoms with Gasteiger partial charge in [-0.15, -0.1) is 11.8 Å². The average molecular weight is 428 g/mol. The second-order valence-electron chi connectivity index (χ2n) is 7.11. The highest BCUT2D eigenvalue weighted by Crippen LogP contribution is 2.34. The molecule has 0 fully saturated rings. The predicted octanol–water partition coefficient (Wildman–Crippen LogP) is 5.62. The third kappa shape index (κ3) is 4.82. The van der Waals surface area contributed by atoms with Gasteiger partial charge in [-0.3, -0.25) is 9.69 Å². The molecule has 3 aromatic rings. The van der Waals surface area contributed by atoms with E-state index >= 15 is 0 Å². The lowest BCUT2D eigenvalue weighted by atomic mass is 10.0. The van der Waals surface area contributed by atoms with Gasteiger partial charge in [0, 0.05) is 23.5 Å². The summed E-state index contributed by atoms with van der Waals surface area (Å²) in [6, 6.07) is 12.3. The monoisotopic (exact) mass is 427 g/mol. The van der Waals surface area contributed by atoms with Crippen LogP contribution in [0.3, 0.4) is 0 Å². The number of hydrogen-bond acceptors (Lipinski definition) is 5. The Labute approximate surface area is 181 Å². The van der Waals surface area contributed by atoms with Gasteiger partial charge in [0.2, 0.25) is 0 Å². The Morgan fingerprint density at radius 1 is 1.10 bits per heavy atom. The molecule has 0 spiro atoms. The van der Waals surface area contributed by atoms with E-state index in [-0.39, 0.29) is 5.91 Å². The van der Waals surface area contributed by atoms with Crippen molar-refractivity contribution < 1.29 is 4.79 Å². The number of aryl methyl sites for hydroxylation is 2. The van der Waals surface area contributed by atoms with Crippen molar-refractivity contribution in [1.82, 2.24) is 9.88 Å². The number of benzene rings is 2. The SMILES string of the molecule is CCN(CC)CCN(C(=O)c1cc(C)ccc1C)c1nc2c(SC)cccc2s1. The summed E-state index contributed by atoms with van der Waals surface area (Å²) in [4.78, 5) is 23.9. The van der Waals surface area contributed by atoms with Crippen molar-refractivity contribution in [2.24, 2.45) is 0 Å². The van der Waals surface area contributed by atoms with Crippen LogP contribution in [0.2, 0.25) is 0 Å². The van der Waals surface area contributed by atoms with Crippen molar-refractivity contribution in [3.05, 3.63) is 53.1 Å². The van der Waals surface area contributed by atoms with Crippen LogP contribution in [0.1, 0.15) is 35.3 Å². The van der Waals surface area contributed by atoms with Crippen LogP contribution in [0.4, 0.5) is 5.13 Å². The maximum Gasteiger partial charge on any atom is 0.260 e. The summed E-state index contributed by atoms with van der Waals surface area (Å²) in [6.07, 6.45) is 2.06. The number of carbonyl (C=O) groups excluding carboxylic acids is 1. The summed E-state index contributed by atoms with van der Waals surface area (Å²) >= 11 is 3.29. The Kier molecular flexibility index (Phi) is 7.33. The Bertz CT molecular complexity index is 995. The first-order valence-corrected chi connectivity index (χ1v) is 12.1.